The zero-order valence-corrected chi connectivity index (χ0v) is 13.0. The Morgan fingerprint density at radius 3 is 2.55 bits per heavy atom. The Morgan fingerprint density at radius 2 is 1.95 bits per heavy atom. The number of benzene rings is 1. The molecular formula is C15H19ClN2O4. The fourth-order valence-electron chi connectivity index (χ4n) is 2.64. The number of aliphatic carboxylic acids is 1. The van der Waals surface area contributed by atoms with Crippen LogP contribution in [0, 0.1) is 5.92 Å². The molecule has 2 amide bonds. The second kappa shape index (κ2) is 7.35. The Morgan fingerprint density at radius 1 is 1.27 bits per heavy atom. The standard InChI is InChI=1S/C15H19ClN2O4/c1-22-13-11(16)3-2-4-12(13)18-15(21)17-10-7-5-9(6-8-10)14(19)20/h2-4,9-10H,5-8H2,1H3,(H,19,20)(H2,17,18,21). The molecule has 0 unspecified atom stereocenters. The van der Waals surface area contributed by atoms with Crippen molar-refractivity contribution in [1.82, 2.24) is 5.32 Å². The Bertz CT molecular complexity index is 556. The molecule has 7 heteroatoms. The van der Waals surface area contributed by atoms with Gasteiger partial charge in [0.15, 0.2) is 5.75 Å². The maximum Gasteiger partial charge on any atom is 0.319 e. The molecule has 0 aromatic heterocycles. The van der Waals surface area contributed by atoms with Crippen molar-refractivity contribution in [2.75, 3.05) is 12.4 Å². The lowest BCUT2D eigenvalue weighted by molar-refractivity contribution is -0.142. The normalized spacial score (nSPS) is 21.0. The molecule has 1 aliphatic rings. The van der Waals surface area contributed by atoms with Crippen molar-refractivity contribution in [3.63, 3.8) is 0 Å². The van der Waals surface area contributed by atoms with E-state index in [4.69, 9.17) is 21.4 Å². The van der Waals surface area contributed by atoms with Crippen LogP contribution >= 0.6 is 11.6 Å². The predicted molar refractivity (Wildman–Crippen MR) is 83.5 cm³/mol. The van der Waals surface area contributed by atoms with Crippen LogP contribution in [0.25, 0.3) is 0 Å². The second-order valence-electron chi connectivity index (χ2n) is 5.31. The van der Waals surface area contributed by atoms with E-state index in [2.05, 4.69) is 10.6 Å². The molecular weight excluding hydrogens is 308 g/mol. The number of nitrogens with one attached hydrogen (secondary N) is 2. The van der Waals surface area contributed by atoms with Gasteiger partial charge >= 0.3 is 12.0 Å². The fourth-order valence-corrected chi connectivity index (χ4v) is 2.89. The van der Waals surface area contributed by atoms with E-state index in [1.54, 1.807) is 18.2 Å². The van der Waals surface area contributed by atoms with E-state index < -0.39 is 5.97 Å². The van der Waals surface area contributed by atoms with Crippen LogP contribution in [0.4, 0.5) is 10.5 Å². The van der Waals surface area contributed by atoms with Crippen molar-refractivity contribution < 1.29 is 19.4 Å². The lowest BCUT2D eigenvalue weighted by Crippen LogP contribution is -2.41. The lowest BCUT2D eigenvalue weighted by Gasteiger charge is -2.27. The number of para-hydroxylation sites is 1. The van der Waals surface area contributed by atoms with E-state index in [0.29, 0.717) is 42.1 Å². The Labute approximate surface area is 133 Å². The van der Waals surface area contributed by atoms with Gasteiger partial charge in [0.2, 0.25) is 0 Å². The van der Waals surface area contributed by atoms with Gasteiger partial charge in [0.25, 0.3) is 0 Å². The summed E-state index contributed by atoms with van der Waals surface area (Å²) in [6.45, 7) is 0. The third kappa shape index (κ3) is 4.04. The van der Waals surface area contributed by atoms with Crippen LogP contribution in [-0.2, 0) is 4.79 Å². The van der Waals surface area contributed by atoms with Crippen LogP contribution in [-0.4, -0.2) is 30.3 Å². The van der Waals surface area contributed by atoms with Gasteiger partial charge in [-0.25, -0.2) is 4.79 Å². The average Bonchev–Trinajstić information content (AvgIpc) is 2.48. The molecule has 120 valence electrons. The highest BCUT2D eigenvalue weighted by atomic mass is 35.5. The molecule has 2 rings (SSSR count). The number of amides is 2. The van der Waals surface area contributed by atoms with E-state index in [1.807, 2.05) is 0 Å². The first-order chi connectivity index (χ1) is 10.5. The van der Waals surface area contributed by atoms with Gasteiger partial charge in [-0.3, -0.25) is 4.79 Å². The summed E-state index contributed by atoms with van der Waals surface area (Å²) in [6.07, 6.45) is 2.50. The molecule has 3 N–H and O–H groups in total. The summed E-state index contributed by atoms with van der Waals surface area (Å²) >= 11 is 6.00. The summed E-state index contributed by atoms with van der Waals surface area (Å²) in [7, 11) is 1.48. The van der Waals surface area contributed by atoms with Crippen LogP contribution < -0.4 is 15.4 Å². The fraction of sp³-hybridized carbons (Fsp3) is 0.467. The molecule has 0 bridgehead atoms. The molecule has 0 radical (unpaired) electrons. The van der Waals surface area contributed by atoms with Crippen molar-refractivity contribution in [2.45, 2.75) is 31.7 Å². The number of carbonyl (C=O) groups is 2. The van der Waals surface area contributed by atoms with Gasteiger partial charge in [-0.2, -0.15) is 0 Å². The third-order valence-corrected chi connectivity index (χ3v) is 4.13. The van der Waals surface area contributed by atoms with Crippen molar-refractivity contribution in [3.05, 3.63) is 23.2 Å². The number of halogens is 1. The zero-order chi connectivity index (χ0) is 16.1. The van der Waals surface area contributed by atoms with Gasteiger partial charge in [-0.15, -0.1) is 0 Å². The summed E-state index contributed by atoms with van der Waals surface area (Å²) in [5.41, 5.74) is 0.492. The molecule has 0 atom stereocenters. The second-order valence-corrected chi connectivity index (χ2v) is 5.71. The molecule has 0 saturated heterocycles. The highest BCUT2D eigenvalue weighted by Crippen LogP contribution is 2.32. The van der Waals surface area contributed by atoms with E-state index >= 15 is 0 Å². The first-order valence-corrected chi connectivity index (χ1v) is 7.52. The number of hydrogen-bond acceptors (Lipinski definition) is 3. The van der Waals surface area contributed by atoms with Crippen LogP contribution in [0.1, 0.15) is 25.7 Å². The first kappa shape index (κ1) is 16.4. The van der Waals surface area contributed by atoms with Gasteiger partial charge in [0.05, 0.1) is 23.7 Å². The Balaban J connectivity index is 1.89. The number of rotatable bonds is 4. The number of hydrogen-bond donors (Lipinski definition) is 3. The van der Waals surface area contributed by atoms with E-state index in [9.17, 15) is 9.59 Å². The van der Waals surface area contributed by atoms with Gasteiger partial charge in [-0.1, -0.05) is 17.7 Å². The summed E-state index contributed by atoms with van der Waals surface area (Å²) in [5, 5.41) is 14.9. The topological polar surface area (TPSA) is 87.7 Å². The lowest BCUT2D eigenvalue weighted by atomic mass is 9.86. The van der Waals surface area contributed by atoms with Crippen molar-refractivity contribution >= 4 is 29.3 Å². The number of ether oxygens (including phenoxy) is 1. The number of carboxylic acid groups (broad SMARTS) is 1. The minimum Gasteiger partial charge on any atom is -0.493 e. The highest BCUT2D eigenvalue weighted by Gasteiger charge is 2.26. The van der Waals surface area contributed by atoms with E-state index in [-0.39, 0.29) is 18.0 Å². The number of carboxylic acids is 1. The molecule has 1 aromatic rings. The maximum absolute atomic E-state index is 12.0. The third-order valence-electron chi connectivity index (χ3n) is 3.83. The minimum atomic E-state index is -0.758. The monoisotopic (exact) mass is 326 g/mol. The zero-order valence-electron chi connectivity index (χ0n) is 12.3. The molecule has 1 saturated carbocycles. The molecule has 1 aliphatic carbocycles. The molecule has 0 spiro atoms. The Kier molecular flexibility index (Phi) is 5.49. The number of urea groups is 1. The first-order valence-electron chi connectivity index (χ1n) is 7.14. The van der Waals surface area contributed by atoms with Gasteiger partial charge < -0.3 is 20.5 Å². The molecule has 22 heavy (non-hydrogen) atoms. The van der Waals surface area contributed by atoms with Crippen LogP contribution in [0.2, 0.25) is 5.02 Å². The molecule has 1 fully saturated rings. The van der Waals surface area contributed by atoms with Crippen molar-refractivity contribution in [3.8, 4) is 5.75 Å². The van der Waals surface area contributed by atoms with Gasteiger partial charge in [-0.05, 0) is 37.8 Å². The van der Waals surface area contributed by atoms with Gasteiger partial charge in [0, 0.05) is 6.04 Å². The number of methoxy groups -OCH3 is 1. The number of anilines is 1. The molecule has 6 nitrogen and oxygen atoms in total. The largest absolute Gasteiger partial charge is 0.493 e. The van der Waals surface area contributed by atoms with E-state index in [1.165, 1.54) is 7.11 Å². The number of carbonyl (C=O) groups excluding carboxylic acids is 1. The quantitative estimate of drug-likeness (QED) is 0.793. The smallest absolute Gasteiger partial charge is 0.319 e. The highest BCUT2D eigenvalue weighted by molar-refractivity contribution is 6.32. The van der Waals surface area contributed by atoms with Crippen molar-refractivity contribution in [2.24, 2.45) is 5.92 Å². The Hall–Kier alpha value is -1.95. The predicted octanol–water partition coefficient (Wildman–Crippen LogP) is 3.11. The molecule has 1 aromatic carbocycles. The molecule has 0 aliphatic heterocycles. The van der Waals surface area contributed by atoms with Crippen LogP contribution in [0.3, 0.4) is 0 Å². The minimum absolute atomic E-state index is 0.0132. The van der Waals surface area contributed by atoms with Crippen LogP contribution in [0.5, 0.6) is 5.75 Å². The van der Waals surface area contributed by atoms with Crippen LogP contribution in [0.15, 0.2) is 18.2 Å². The maximum atomic E-state index is 12.0. The SMILES string of the molecule is COc1c(Cl)cccc1NC(=O)NC1CCC(C(=O)O)CC1. The summed E-state index contributed by atoms with van der Waals surface area (Å²) < 4.78 is 5.17. The van der Waals surface area contributed by atoms with Gasteiger partial charge in [0.1, 0.15) is 0 Å². The average molecular weight is 327 g/mol. The van der Waals surface area contributed by atoms with E-state index in [0.717, 1.165) is 0 Å². The molecule has 0 heterocycles. The summed E-state index contributed by atoms with van der Waals surface area (Å²) in [4.78, 5) is 22.9. The summed E-state index contributed by atoms with van der Waals surface area (Å²) in [6, 6.07) is 4.74. The van der Waals surface area contributed by atoms with Crippen molar-refractivity contribution in [1.29, 1.82) is 0 Å². The summed E-state index contributed by atoms with van der Waals surface area (Å²) in [5.74, 6) is -0.644.